The largest absolute Gasteiger partial charge is 0.383 e. The third-order valence-corrected chi connectivity index (χ3v) is 3.57. The molecule has 1 unspecified atom stereocenters. The number of nitrogens with one attached hydrogen (secondary N) is 1. The lowest BCUT2D eigenvalue weighted by Crippen LogP contribution is -2.25. The number of methoxy groups -OCH3 is 1. The number of ether oxygens (including phenoxy) is 1. The van der Waals surface area contributed by atoms with Crippen LogP contribution in [-0.2, 0) is 9.53 Å². The van der Waals surface area contributed by atoms with E-state index in [4.69, 9.17) is 4.74 Å². The van der Waals surface area contributed by atoms with Gasteiger partial charge in [0.2, 0.25) is 0 Å². The number of hydrogen-bond donors (Lipinski definition) is 1. The summed E-state index contributed by atoms with van der Waals surface area (Å²) in [4.78, 5) is 11.9. The molecule has 22 heavy (non-hydrogen) atoms. The fraction of sp³-hybridized carbons (Fsp3) is 0.529. The lowest BCUT2D eigenvalue weighted by atomic mass is 10.1. The van der Waals surface area contributed by atoms with Crippen LogP contribution < -0.4 is 5.32 Å². The summed E-state index contributed by atoms with van der Waals surface area (Å²) in [6, 6.07) is 4.18. The topological polar surface area (TPSA) is 67.0 Å². The Morgan fingerprint density at radius 2 is 2.23 bits per heavy atom. The molecule has 0 aromatic carbocycles. The molecule has 1 N–H and O–H groups in total. The average Bonchev–Trinajstić information content (AvgIpc) is 2.76. The van der Waals surface area contributed by atoms with Gasteiger partial charge in [0.15, 0.2) is 0 Å². The highest BCUT2D eigenvalue weighted by Gasteiger charge is 2.15. The first kappa shape index (κ1) is 18.0. The Morgan fingerprint density at radius 1 is 1.55 bits per heavy atom. The molecule has 0 aliphatic heterocycles. The summed E-state index contributed by atoms with van der Waals surface area (Å²) in [6.07, 6.45) is 2.50. The van der Waals surface area contributed by atoms with E-state index in [0.29, 0.717) is 13.2 Å². The maximum atomic E-state index is 11.9. The first-order valence-corrected chi connectivity index (χ1v) is 7.53. The molecule has 5 nitrogen and oxygen atoms in total. The molecule has 0 radical (unpaired) electrons. The van der Waals surface area contributed by atoms with Crippen LogP contribution in [0.2, 0.25) is 0 Å². The van der Waals surface area contributed by atoms with Gasteiger partial charge >= 0.3 is 0 Å². The van der Waals surface area contributed by atoms with E-state index in [9.17, 15) is 10.1 Å². The Bertz CT molecular complexity index is 594. The summed E-state index contributed by atoms with van der Waals surface area (Å²) in [6.45, 7) is 9.24. The number of carbonyl (C=O) groups is 1. The molecule has 1 aromatic rings. The Labute approximate surface area is 132 Å². The highest BCUT2D eigenvalue weighted by Crippen LogP contribution is 2.22. The summed E-state index contributed by atoms with van der Waals surface area (Å²) in [5.74, 6) is -0.320. The fourth-order valence-corrected chi connectivity index (χ4v) is 2.58. The van der Waals surface area contributed by atoms with Gasteiger partial charge in [-0.1, -0.05) is 6.92 Å². The van der Waals surface area contributed by atoms with E-state index in [2.05, 4.69) is 16.8 Å². The summed E-state index contributed by atoms with van der Waals surface area (Å²) < 4.78 is 7.37. The Kier molecular flexibility index (Phi) is 6.87. The van der Waals surface area contributed by atoms with Gasteiger partial charge in [-0.3, -0.25) is 4.79 Å². The second-order valence-corrected chi connectivity index (χ2v) is 5.43. The van der Waals surface area contributed by atoms with Crippen LogP contribution in [0.4, 0.5) is 0 Å². The Morgan fingerprint density at radius 3 is 2.77 bits per heavy atom. The quantitative estimate of drug-likeness (QED) is 0.622. The van der Waals surface area contributed by atoms with E-state index >= 15 is 0 Å². The van der Waals surface area contributed by atoms with Gasteiger partial charge in [0.25, 0.3) is 5.91 Å². The number of amides is 1. The van der Waals surface area contributed by atoms with E-state index in [0.717, 1.165) is 23.4 Å². The van der Waals surface area contributed by atoms with Gasteiger partial charge in [0.05, 0.1) is 12.6 Å². The van der Waals surface area contributed by atoms with Crippen molar-refractivity contribution in [2.75, 3.05) is 20.3 Å². The number of aromatic nitrogens is 1. The highest BCUT2D eigenvalue weighted by molar-refractivity contribution is 6.01. The van der Waals surface area contributed by atoms with Crippen molar-refractivity contribution in [3.05, 3.63) is 28.6 Å². The molecule has 0 saturated carbocycles. The van der Waals surface area contributed by atoms with Crippen molar-refractivity contribution < 1.29 is 9.53 Å². The first-order chi connectivity index (χ1) is 10.5. The zero-order valence-corrected chi connectivity index (χ0v) is 14.1. The Hall–Kier alpha value is -2.06. The molecule has 0 fully saturated rings. The molecule has 120 valence electrons. The average molecular weight is 303 g/mol. The molecule has 0 spiro atoms. The molecule has 1 rings (SSSR count). The molecule has 1 atom stereocenters. The molecule has 5 heteroatoms. The number of hydrogen-bond acceptors (Lipinski definition) is 3. The molecular formula is C17H25N3O2. The molecular weight excluding hydrogens is 278 g/mol. The SMILES string of the molecule is CCCNC(=O)/C(C#N)=C/c1cc(C)n(C(C)COC)c1C. The van der Waals surface area contributed by atoms with E-state index in [-0.39, 0.29) is 17.5 Å². The maximum absolute atomic E-state index is 11.9. The van der Waals surface area contributed by atoms with Gasteiger partial charge in [-0.2, -0.15) is 5.26 Å². The summed E-state index contributed by atoms with van der Waals surface area (Å²) in [5.41, 5.74) is 3.13. The van der Waals surface area contributed by atoms with Crippen molar-refractivity contribution in [1.29, 1.82) is 5.26 Å². The van der Waals surface area contributed by atoms with Crippen LogP contribution in [-0.4, -0.2) is 30.7 Å². The molecule has 0 saturated heterocycles. The second-order valence-electron chi connectivity index (χ2n) is 5.43. The van der Waals surface area contributed by atoms with Gasteiger partial charge in [-0.15, -0.1) is 0 Å². The van der Waals surface area contributed by atoms with Crippen LogP contribution in [0, 0.1) is 25.2 Å². The van der Waals surface area contributed by atoms with Gasteiger partial charge in [0, 0.05) is 25.0 Å². The van der Waals surface area contributed by atoms with Crippen LogP contribution in [0.5, 0.6) is 0 Å². The summed E-state index contributed by atoms with van der Waals surface area (Å²) >= 11 is 0. The van der Waals surface area contributed by atoms with Gasteiger partial charge in [-0.25, -0.2) is 0 Å². The van der Waals surface area contributed by atoms with Crippen molar-refractivity contribution in [2.24, 2.45) is 0 Å². The van der Waals surface area contributed by atoms with E-state index in [1.165, 1.54) is 0 Å². The van der Waals surface area contributed by atoms with Crippen LogP contribution in [0.25, 0.3) is 6.08 Å². The predicted octanol–water partition coefficient (Wildman–Crippen LogP) is 2.75. The molecule has 1 heterocycles. The minimum atomic E-state index is -0.320. The van der Waals surface area contributed by atoms with E-state index in [1.807, 2.05) is 32.9 Å². The third-order valence-electron chi connectivity index (χ3n) is 3.57. The van der Waals surface area contributed by atoms with Gasteiger partial charge in [0.1, 0.15) is 11.6 Å². The zero-order chi connectivity index (χ0) is 16.7. The summed E-state index contributed by atoms with van der Waals surface area (Å²) in [7, 11) is 1.68. The molecule has 0 bridgehead atoms. The maximum Gasteiger partial charge on any atom is 0.261 e. The van der Waals surface area contributed by atoms with Gasteiger partial charge in [-0.05, 0) is 44.9 Å². The molecule has 1 aromatic heterocycles. The van der Waals surface area contributed by atoms with E-state index in [1.54, 1.807) is 13.2 Å². The van der Waals surface area contributed by atoms with Crippen molar-refractivity contribution in [3.63, 3.8) is 0 Å². The van der Waals surface area contributed by atoms with Crippen LogP contribution in [0.15, 0.2) is 11.6 Å². The molecule has 1 amide bonds. The smallest absolute Gasteiger partial charge is 0.261 e. The number of carbonyl (C=O) groups excluding carboxylic acids is 1. The van der Waals surface area contributed by atoms with Crippen molar-refractivity contribution in [2.45, 2.75) is 40.2 Å². The zero-order valence-electron chi connectivity index (χ0n) is 14.1. The van der Waals surface area contributed by atoms with E-state index < -0.39 is 0 Å². The number of rotatable bonds is 7. The number of aryl methyl sites for hydroxylation is 1. The number of nitrogens with zero attached hydrogens (tertiary/aromatic N) is 2. The molecule has 0 aliphatic carbocycles. The van der Waals surface area contributed by atoms with Crippen LogP contribution in [0.3, 0.4) is 0 Å². The van der Waals surface area contributed by atoms with Gasteiger partial charge < -0.3 is 14.6 Å². The Balaban J connectivity index is 3.11. The predicted molar refractivity (Wildman–Crippen MR) is 87.4 cm³/mol. The lowest BCUT2D eigenvalue weighted by Gasteiger charge is -2.17. The lowest BCUT2D eigenvalue weighted by molar-refractivity contribution is -0.117. The van der Waals surface area contributed by atoms with Crippen molar-refractivity contribution in [3.8, 4) is 6.07 Å². The van der Waals surface area contributed by atoms with Crippen molar-refractivity contribution in [1.82, 2.24) is 9.88 Å². The molecule has 0 aliphatic rings. The minimum absolute atomic E-state index is 0.132. The third kappa shape index (κ3) is 4.22. The first-order valence-electron chi connectivity index (χ1n) is 7.53. The normalized spacial score (nSPS) is 12.8. The number of nitriles is 1. The van der Waals surface area contributed by atoms with Crippen molar-refractivity contribution >= 4 is 12.0 Å². The monoisotopic (exact) mass is 303 g/mol. The fourth-order valence-electron chi connectivity index (χ4n) is 2.58. The highest BCUT2D eigenvalue weighted by atomic mass is 16.5. The van der Waals surface area contributed by atoms with Crippen LogP contribution in [0.1, 0.15) is 43.3 Å². The standard InChI is InChI=1S/C17H25N3O2/c1-6-7-19-17(21)16(10-18)9-15-8-12(2)20(14(15)4)13(3)11-22-5/h8-9,13H,6-7,11H2,1-5H3,(H,19,21)/b16-9+. The minimum Gasteiger partial charge on any atom is -0.383 e. The summed E-state index contributed by atoms with van der Waals surface area (Å²) in [5, 5.41) is 11.9. The second kappa shape index (κ2) is 8.40. The van der Waals surface area contributed by atoms with Crippen LogP contribution >= 0.6 is 0 Å².